The summed E-state index contributed by atoms with van der Waals surface area (Å²) in [6.07, 6.45) is 3.17. The number of thiophene rings is 1. The molecule has 0 saturated heterocycles. The zero-order chi connectivity index (χ0) is 10.3. The number of fused-ring (bicyclic) bond motifs is 1. The lowest BCUT2D eigenvalue weighted by molar-refractivity contribution is 0.685. The van der Waals surface area contributed by atoms with Crippen LogP contribution in [0.4, 0.5) is 0 Å². The minimum Gasteiger partial charge on any atom is -0.341 e. The highest BCUT2D eigenvalue weighted by molar-refractivity contribution is 7.84. The summed E-state index contributed by atoms with van der Waals surface area (Å²) in [4.78, 5) is 13.1. The molecule has 74 valence electrons. The lowest BCUT2D eigenvalue weighted by atomic mass is 10.3. The van der Waals surface area contributed by atoms with Gasteiger partial charge in [-0.25, -0.2) is 0 Å². The van der Waals surface area contributed by atoms with E-state index in [1.165, 1.54) is 17.6 Å². The van der Waals surface area contributed by atoms with E-state index in [2.05, 4.69) is 0 Å². The Morgan fingerprint density at radius 1 is 1.50 bits per heavy atom. The Labute approximate surface area is 87.4 Å². The lowest BCUT2D eigenvalue weighted by Gasteiger charge is -2.02. The van der Waals surface area contributed by atoms with E-state index in [4.69, 9.17) is 0 Å². The minimum atomic E-state index is -1.22. The molecule has 0 aromatic carbocycles. The molecule has 1 atom stereocenters. The fourth-order valence-electron chi connectivity index (χ4n) is 1.38. The van der Waals surface area contributed by atoms with Gasteiger partial charge in [-0.2, -0.15) is 0 Å². The highest BCUT2D eigenvalue weighted by Crippen LogP contribution is 2.17. The second-order valence-electron chi connectivity index (χ2n) is 3.03. The van der Waals surface area contributed by atoms with Gasteiger partial charge in [-0.1, -0.05) is 0 Å². The molecule has 1 unspecified atom stereocenters. The monoisotopic (exact) mass is 227 g/mol. The molecule has 0 bridgehead atoms. The third-order valence-corrected chi connectivity index (χ3v) is 3.97. The molecule has 0 fully saturated rings. The first-order chi connectivity index (χ1) is 6.61. The Morgan fingerprint density at radius 3 is 2.86 bits per heavy atom. The minimum absolute atomic E-state index is 0.111. The molecule has 2 aromatic rings. The standard InChI is InChI=1S/C9H9NO2S2/c1-10-5-7(14(2)12)8(11)6-3-4-13-9(6)10/h3-5H,1-2H3. The van der Waals surface area contributed by atoms with E-state index in [1.807, 2.05) is 17.0 Å². The average Bonchev–Trinajstić information content (AvgIpc) is 2.59. The lowest BCUT2D eigenvalue weighted by Crippen LogP contribution is -2.12. The van der Waals surface area contributed by atoms with Gasteiger partial charge in [0.1, 0.15) is 9.73 Å². The molecule has 0 radical (unpaired) electrons. The third-order valence-electron chi connectivity index (χ3n) is 2.05. The molecule has 0 aliphatic rings. The Kier molecular flexibility index (Phi) is 2.28. The molecule has 2 aromatic heterocycles. The van der Waals surface area contributed by atoms with E-state index in [-0.39, 0.29) is 5.43 Å². The zero-order valence-corrected chi connectivity index (χ0v) is 9.45. The number of aryl methyl sites for hydroxylation is 1. The van der Waals surface area contributed by atoms with Gasteiger partial charge in [0.05, 0.1) is 16.2 Å². The van der Waals surface area contributed by atoms with Crippen molar-refractivity contribution in [1.82, 2.24) is 4.57 Å². The van der Waals surface area contributed by atoms with Crippen LogP contribution >= 0.6 is 11.3 Å². The number of nitrogens with zero attached hydrogens (tertiary/aromatic N) is 1. The van der Waals surface area contributed by atoms with E-state index >= 15 is 0 Å². The number of pyridine rings is 1. The molecular formula is C9H9NO2S2. The second kappa shape index (κ2) is 3.33. The molecule has 2 rings (SSSR count). The fourth-order valence-corrected chi connectivity index (χ4v) is 2.90. The average molecular weight is 227 g/mol. The summed E-state index contributed by atoms with van der Waals surface area (Å²) in [5.74, 6) is 0. The summed E-state index contributed by atoms with van der Waals surface area (Å²) in [6.45, 7) is 0. The van der Waals surface area contributed by atoms with E-state index in [1.54, 1.807) is 12.3 Å². The van der Waals surface area contributed by atoms with E-state index in [0.717, 1.165) is 4.83 Å². The number of hydrogen-bond acceptors (Lipinski definition) is 3. The smallest absolute Gasteiger partial charge is 0.206 e. The van der Waals surface area contributed by atoms with Gasteiger partial charge in [-0.15, -0.1) is 11.3 Å². The van der Waals surface area contributed by atoms with Crippen molar-refractivity contribution in [3.63, 3.8) is 0 Å². The van der Waals surface area contributed by atoms with Crippen molar-refractivity contribution in [2.24, 2.45) is 7.05 Å². The van der Waals surface area contributed by atoms with Crippen LogP contribution in [0, 0.1) is 0 Å². The summed E-state index contributed by atoms with van der Waals surface area (Å²) in [5.41, 5.74) is -0.111. The molecule has 0 aliphatic carbocycles. The molecule has 0 saturated carbocycles. The summed E-state index contributed by atoms with van der Waals surface area (Å²) < 4.78 is 13.1. The first-order valence-electron chi connectivity index (χ1n) is 4.01. The summed E-state index contributed by atoms with van der Waals surface area (Å²) in [6, 6.07) is 1.78. The van der Waals surface area contributed by atoms with Crippen LogP contribution in [0.2, 0.25) is 0 Å². The molecule has 0 spiro atoms. The van der Waals surface area contributed by atoms with Gasteiger partial charge in [-0.3, -0.25) is 9.00 Å². The van der Waals surface area contributed by atoms with Crippen LogP contribution in [0.3, 0.4) is 0 Å². The van der Waals surface area contributed by atoms with Gasteiger partial charge in [-0.05, 0) is 11.4 Å². The van der Waals surface area contributed by atoms with Crippen molar-refractivity contribution < 1.29 is 4.21 Å². The molecule has 14 heavy (non-hydrogen) atoms. The van der Waals surface area contributed by atoms with Gasteiger partial charge in [0, 0.05) is 19.5 Å². The maximum Gasteiger partial charge on any atom is 0.206 e. The molecule has 2 heterocycles. The van der Waals surface area contributed by atoms with Crippen LogP contribution in [0.25, 0.3) is 10.2 Å². The highest BCUT2D eigenvalue weighted by Gasteiger charge is 2.10. The first-order valence-corrected chi connectivity index (χ1v) is 6.45. The quantitative estimate of drug-likeness (QED) is 0.737. The van der Waals surface area contributed by atoms with E-state index in [9.17, 15) is 9.00 Å². The van der Waals surface area contributed by atoms with Crippen LogP contribution in [-0.2, 0) is 17.8 Å². The maximum absolute atomic E-state index is 11.8. The van der Waals surface area contributed by atoms with Gasteiger partial charge in [0.15, 0.2) is 0 Å². The highest BCUT2D eigenvalue weighted by atomic mass is 32.2. The van der Waals surface area contributed by atoms with E-state index < -0.39 is 10.8 Å². The Balaban J connectivity index is 2.96. The number of rotatable bonds is 1. The van der Waals surface area contributed by atoms with Crippen LogP contribution in [0.1, 0.15) is 0 Å². The number of hydrogen-bond donors (Lipinski definition) is 0. The predicted molar refractivity (Wildman–Crippen MR) is 59.4 cm³/mol. The van der Waals surface area contributed by atoms with Crippen molar-refractivity contribution in [2.75, 3.05) is 6.26 Å². The van der Waals surface area contributed by atoms with Crippen molar-refractivity contribution in [2.45, 2.75) is 4.90 Å². The Hall–Kier alpha value is -0.940. The van der Waals surface area contributed by atoms with Gasteiger partial charge >= 0.3 is 0 Å². The van der Waals surface area contributed by atoms with Crippen LogP contribution < -0.4 is 5.43 Å². The summed E-state index contributed by atoms with van der Waals surface area (Å²) >= 11 is 1.51. The summed E-state index contributed by atoms with van der Waals surface area (Å²) in [7, 11) is 0.636. The topological polar surface area (TPSA) is 39.1 Å². The van der Waals surface area contributed by atoms with Crippen molar-refractivity contribution >= 4 is 32.4 Å². The Bertz CT molecular complexity index is 568. The SMILES string of the molecule is Cn1cc(S(C)=O)c(=O)c2ccsc21. The molecular weight excluding hydrogens is 218 g/mol. The molecule has 3 nitrogen and oxygen atoms in total. The van der Waals surface area contributed by atoms with Crippen molar-refractivity contribution in [1.29, 1.82) is 0 Å². The van der Waals surface area contributed by atoms with Gasteiger partial charge < -0.3 is 4.57 Å². The molecule has 0 N–H and O–H groups in total. The van der Waals surface area contributed by atoms with Crippen molar-refractivity contribution in [3.05, 3.63) is 27.9 Å². The molecule has 5 heteroatoms. The second-order valence-corrected chi connectivity index (χ2v) is 5.27. The molecule has 0 amide bonds. The van der Waals surface area contributed by atoms with Crippen LogP contribution in [0.5, 0.6) is 0 Å². The fraction of sp³-hybridized carbons (Fsp3) is 0.222. The summed E-state index contributed by atoms with van der Waals surface area (Å²) in [5, 5.41) is 2.53. The largest absolute Gasteiger partial charge is 0.341 e. The Morgan fingerprint density at radius 2 is 2.21 bits per heavy atom. The zero-order valence-electron chi connectivity index (χ0n) is 7.81. The van der Waals surface area contributed by atoms with Gasteiger partial charge in [0.25, 0.3) is 0 Å². The predicted octanol–water partition coefficient (Wildman–Crippen LogP) is 1.34. The first kappa shape index (κ1) is 9.61. The third kappa shape index (κ3) is 1.33. The van der Waals surface area contributed by atoms with Crippen LogP contribution in [0.15, 0.2) is 27.3 Å². The van der Waals surface area contributed by atoms with E-state index in [0.29, 0.717) is 10.3 Å². The van der Waals surface area contributed by atoms with Crippen molar-refractivity contribution in [3.8, 4) is 0 Å². The normalized spacial score (nSPS) is 13.3. The maximum atomic E-state index is 11.8. The van der Waals surface area contributed by atoms with Crippen LogP contribution in [-0.4, -0.2) is 15.0 Å². The van der Waals surface area contributed by atoms with Gasteiger partial charge in [0.2, 0.25) is 5.43 Å². The molecule has 0 aliphatic heterocycles. The number of aromatic nitrogens is 1.